The van der Waals surface area contributed by atoms with Crippen LogP contribution in [0.25, 0.3) is 0 Å². The molecule has 0 aromatic heterocycles. The summed E-state index contributed by atoms with van der Waals surface area (Å²) in [5.41, 5.74) is -0.935. The topological polar surface area (TPSA) is 72.2 Å². The van der Waals surface area contributed by atoms with Crippen LogP contribution < -0.4 is 5.32 Å². The maximum atomic E-state index is 13.1. The van der Waals surface area contributed by atoms with Gasteiger partial charge in [-0.3, -0.25) is 14.9 Å². The van der Waals surface area contributed by atoms with Gasteiger partial charge in [0.2, 0.25) is 0 Å². The second kappa shape index (κ2) is 6.65. The summed E-state index contributed by atoms with van der Waals surface area (Å²) < 4.78 is 13.1. The highest BCUT2D eigenvalue weighted by molar-refractivity contribution is 6.17. The third-order valence-electron chi connectivity index (χ3n) is 2.90. The Kier molecular flexibility index (Phi) is 5.44. The maximum Gasteiger partial charge on any atom is 0.282 e. The molecule has 0 aliphatic rings. The molecule has 1 aromatic rings. The lowest BCUT2D eigenvalue weighted by molar-refractivity contribution is -0.385. The van der Waals surface area contributed by atoms with E-state index in [9.17, 15) is 19.3 Å². The van der Waals surface area contributed by atoms with Crippen LogP contribution in [-0.4, -0.2) is 23.3 Å². The van der Waals surface area contributed by atoms with E-state index < -0.39 is 22.3 Å². The molecule has 5 nitrogen and oxygen atoms in total. The molecule has 0 atom stereocenters. The minimum absolute atomic E-state index is 0.237. The van der Waals surface area contributed by atoms with Crippen molar-refractivity contribution in [2.24, 2.45) is 5.41 Å². The van der Waals surface area contributed by atoms with Gasteiger partial charge in [-0.15, -0.1) is 11.6 Å². The van der Waals surface area contributed by atoms with Crippen molar-refractivity contribution in [2.45, 2.75) is 20.3 Å². The maximum absolute atomic E-state index is 13.1. The molecule has 0 heterocycles. The second-order valence-corrected chi connectivity index (χ2v) is 5.58. The van der Waals surface area contributed by atoms with Gasteiger partial charge in [0, 0.05) is 18.5 Å². The van der Waals surface area contributed by atoms with Gasteiger partial charge >= 0.3 is 0 Å². The number of halogens is 2. The molecule has 0 bridgehead atoms. The molecule has 0 aliphatic heterocycles. The molecular weight excluding hydrogens is 287 g/mol. The molecule has 0 radical (unpaired) electrons. The molecule has 1 rings (SSSR count). The SMILES string of the molecule is CC(C)(CCCl)CNC(=O)c1cc(F)ccc1[N+](=O)[O-]. The van der Waals surface area contributed by atoms with Gasteiger partial charge in [0.1, 0.15) is 11.4 Å². The van der Waals surface area contributed by atoms with Crippen LogP contribution in [0.1, 0.15) is 30.6 Å². The van der Waals surface area contributed by atoms with Gasteiger partial charge in [-0.2, -0.15) is 0 Å². The van der Waals surface area contributed by atoms with Gasteiger partial charge in [-0.1, -0.05) is 13.8 Å². The summed E-state index contributed by atoms with van der Waals surface area (Å²) >= 11 is 5.65. The fraction of sp³-hybridized carbons (Fsp3) is 0.462. The van der Waals surface area contributed by atoms with Crippen molar-refractivity contribution in [1.29, 1.82) is 0 Å². The van der Waals surface area contributed by atoms with Crippen molar-refractivity contribution in [2.75, 3.05) is 12.4 Å². The number of amides is 1. The third kappa shape index (κ3) is 4.45. The van der Waals surface area contributed by atoms with Crippen molar-refractivity contribution in [3.05, 3.63) is 39.7 Å². The zero-order valence-corrected chi connectivity index (χ0v) is 12.0. The molecule has 1 N–H and O–H groups in total. The fourth-order valence-corrected chi connectivity index (χ4v) is 2.12. The Morgan fingerprint density at radius 2 is 2.15 bits per heavy atom. The highest BCUT2D eigenvalue weighted by Crippen LogP contribution is 2.22. The molecule has 0 aliphatic carbocycles. The van der Waals surface area contributed by atoms with E-state index in [-0.39, 0.29) is 11.0 Å². The summed E-state index contributed by atoms with van der Waals surface area (Å²) in [7, 11) is 0. The minimum Gasteiger partial charge on any atom is -0.351 e. The number of nitrogens with zero attached hydrogens (tertiary/aromatic N) is 1. The summed E-state index contributed by atoms with van der Waals surface area (Å²) in [4.78, 5) is 22.1. The predicted octanol–water partition coefficient (Wildman–Crippen LogP) is 3.12. The van der Waals surface area contributed by atoms with Crippen LogP contribution in [0, 0.1) is 21.3 Å². The Morgan fingerprint density at radius 1 is 1.50 bits per heavy atom. The number of carbonyl (C=O) groups excluding carboxylic acids is 1. The smallest absolute Gasteiger partial charge is 0.282 e. The average molecular weight is 303 g/mol. The number of nitrogens with one attached hydrogen (secondary N) is 1. The molecule has 1 aromatic carbocycles. The fourth-order valence-electron chi connectivity index (χ4n) is 1.61. The van der Waals surface area contributed by atoms with E-state index in [0.717, 1.165) is 18.2 Å². The molecule has 7 heteroatoms. The number of nitro groups is 1. The third-order valence-corrected chi connectivity index (χ3v) is 3.09. The van der Waals surface area contributed by atoms with E-state index in [1.54, 1.807) is 0 Å². The molecule has 1 amide bonds. The average Bonchev–Trinajstić information content (AvgIpc) is 2.35. The van der Waals surface area contributed by atoms with Gasteiger partial charge in [-0.25, -0.2) is 4.39 Å². The van der Waals surface area contributed by atoms with E-state index in [1.807, 2.05) is 13.8 Å². The summed E-state index contributed by atoms with van der Waals surface area (Å²) in [5, 5.41) is 13.4. The van der Waals surface area contributed by atoms with E-state index >= 15 is 0 Å². The number of nitro benzene ring substituents is 1. The second-order valence-electron chi connectivity index (χ2n) is 5.20. The number of rotatable bonds is 6. The lowest BCUT2D eigenvalue weighted by Crippen LogP contribution is -2.34. The zero-order chi connectivity index (χ0) is 15.3. The number of carbonyl (C=O) groups is 1. The van der Waals surface area contributed by atoms with E-state index in [1.165, 1.54) is 0 Å². The van der Waals surface area contributed by atoms with Crippen molar-refractivity contribution >= 4 is 23.2 Å². The molecule has 0 spiro atoms. The van der Waals surface area contributed by atoms with Crippen LogP contribution in [0.3, 0.4) is 0 Å². The number of alkyl halides is 1. The van der Waals surface area contributed by atoms with Crippen LogP contribution in [0.4, 0.5) is 10.1 Å². The predicted molar refractivity (Wildman–Crippen MR) is 74.5 cm³/mol. The molecular formula is C13H16ClFN2O3. The van der Waals surface area contributed by atoms with Gasteiger partial charge in [0.15, 0.2) is 0 Å². The number of hydrogen-bond acceptors (Lipinski definition) is 3. The first-order valence-corrected chi connectivity index (χ1v) is 6.58. The van der Waals surface area contributed by atoms with Crippen molar-refractivity contribution in [3.63, 3.8) is 0 Å². The molecule has 0 unspecified atom stereocenters. The Balaban J connectivity index is 2.87. The van der Waals surface area contributed by atoms with Gasteiger partial charge in [-0.05, 0) is 24.0 Å². The van der Waals surface area contributed by atoms with Gasteiger partial charge in [0.05, 0.1) is 4.92 Å². The Morgan fingerprint density at radius 3 is 2.70 bits per heavy atom. The van der Waals surface area contributed by atoms with Crippen LogP contribution in [0.5, 0.6) is 0 Å². The van der Waals surface area contributed by atoms with Crippen LogP contribution in [-0.2, 0) is 0 Å². The Bertz CT molecular complexity index is 520. The van der Waals surface area contributed by atoms with Crippen molar-refractivity contribution in [3.8, 4) is 0 Å². The molecule has 110 valence electrons. The van der Waals surface area contributed by atoms with E-state index in [4.69, 9.17) is 11.6 Å². The normalized spacial score (nSPS) is 11.2. The first-order chi connectivity index (χ1) is 9.26. The lowest BCUT2D eigenvalue weighted by atomic mass is 9.90. The molecule has 0 saturated carbocycles. The molecule has 0 saturated heterocycles. The monoisotopic (exact) mass is 302 g/mol. The van der Waals surface area contributed by atoms with Crippen LogP contribution in [0.2, 0.25) is 0 Å². The molecule has 0 fully saturated rings. The first-order valence-electron chi connectivity index (χ1n) is 6.05. The standard InChI is InChI=1S/C13H16ClFN2O3/c1-13(2,5-6-14)8-16-12(18)10-7-9(15)3-4-11(10)17(19)20/h3-4,7H,5-6,8H2,1-2H3,(H,16,18). The van der Waals surface area contributed by atoms with Crippen molar-refractivity contribution in [1.82, 2.24) is 5.32 Å². The molecule has 20 heavy (non-hydrogen) atoms. The first kappa shape index (κ1) is 16.4. The zero-order valence-electron chi connectivity index (χ0n) is 11.3. The van der Waals surface area contributed by atoms with E-state index in [2.05, 4.69) is 5.32 Å². The summed E-state index contributed by atoms with van der Waals surface area (Å²) in [6.45, 7) is 4.12. The van der Waals surface area contributed by atoms with Gasteiger partial charge < -0.3 is 5.32 Å². The van der Waals surface area contributed by atoms with Gasteiger partial charge in [0.25, 0.3) is 11.6 Å². The quantitative estimate of drug-likeness (QED) is 0.498. The van der Waals surface area contributed by atoms with Crippen LogP contribution >= 0.6 is 11.6 Å². The Labute approximate surface area is 121 Å². The summed E-state index contributed by atoms with van der Waals surface area (Å²) in [6.07, 6.45) is 0.681. The lowest BCUT2D eigenvalue weighted by Gasteiger charge is -2.23. The summed E-state index contributed by atoms with van der Waals surface area (Å²) in [6, 6.07) is 2.79. The number of benzene rings is 1. The largest absolute Gasteiger partial charge is 0.351 e. The summed E-state index contributed by atoms with van der Waals surface area (Å²) in [5.74, 6) is -0.914. The minimum atomic E-state index is -0.710. The van der Waals surface area contributed by atoms with Crippen LogP contribution in [0.15, 0.2) is 18.2 Å². The highest BCUT2D eigenvalue weighted by atomic mass is 35.5. The Hall–Kier alpha value is -1.69. The number of hydrogen-bond donors (Lipinski definition) is 1. The van der Waals surface area contributed by atoms with Crippen molar-refractivity contribution < 1.29 is 14.1 Å². The highest BCUT2D eigenvalue weighted by Gasteiger charge is 2.23. The van der Waals surface area contributed by atoms with E-state index in [0.29, 0.717) is 18.8 Å².